The molecule has 1 aliphatic heterocycles. The number of benzene rings is 1. The fourth-order valence-corrected chi connectivity index (χ4v) is 5.60. The summed E-state index contributed by atoms with van der Waals surface area (Å²) in [4.78, 5) is 17.9. The van der Waals surface area contributed by atoms with Gasteiger partial charge in [0.1, 0.15) is 5.82 Å². The third kappa shape index (κ3) is 3.58. The van der Waals surface area contributed by atoms with Crippen LogP contribution in [-0.2, 0) is 11.2 Å². The number of nitrogens with one attached hydrogen (secondary N) is 2. The zero-order valence-electron chi connectivity index (χ0n) is 15.7. The minimum atomic E-state index is -0.598. The summed E-state index contributed by atoms with van der Waals surface area (Å²) in [5, 5.41) is 7.37. The van der Waals surface area contributed by atoms with Crippen LogP contribution in [0.1, 0.15) is 48.6 Å². The van der Waals surface area contributed by atoms with E-state index in [-0.39, 0.29) is 24.2 Å². The molecule has 2 saturated carbocycles. The molecule has 0 radical (unpaired) electrons. The molecular weight excluding hydrogens is 375 g/mol. The number of hydrogen-bond donors (Lipinski definition) is 3. The van der Waals surface area contributed by atoms with Crippen LogP contribution in [0.4, 0.5) is 4.39 Å². The van der Waals surface area contributed by atoms with Gasteiger partial charge in [-0.05, 0) is 55.2 Å². The fraction of sp³-hybridized carbons (Fsp3) is 0.524. The van der Waals surface area contributed by atoms with Crippen molar-refractivity contribution in [2.75, 3.05) is 0 Å². The smallest absolute Gasteiger partial charge is 0.238 e. The first kappa shape index (κ1) is 18.2. The largest absolute Gasteiger partial charge is 0.339 e. The van der Waals surface area contributed by atoms with Gasteiger partial charge in [-0.1, -0.05) is 12.1 Å². The normalized spacial score (nSPS) is 27.1. The van der Waals surface area contributed by atoms with E-state index in [0.29, 0.717) is 23.4 Å². The Bertz CT molecular complexity index is 896. The minimum absolute atomic E-state index is 0.0611. The molecule has 148 valence electrons. The molecule has 0 spiro atoms. The average molecular weight is 401 g/mol. The minimum Gasteiger partial charge on any atom is -0.339 e. The predicted molar refractivity (Wildman–Crippen MR) is 107 cm³/mol. The van der Waals surface area contributed by atoms with Gasteiger partial charge in [0.25, 0.3) is 0 Å². The molecule has 2 bridgehead atoms. The second-order valence-electron chi connectivity index (χ2n) is 8.38. The SMILES string of the molecule is N[C@H](Cc1ccc(-c2cnc(C3CC3)s2)cc1F)NC(=O)[C@H]1N[C@@H]2CC[C@H]1C2. The van der Waals surface area contributed by atoms with Crippen LogP contribution < -0.4 is 16.4 Å². The summed E-state index contributed by atoms with van der Waals surface area (Å²) in [6, 6.07) is 5.54. The molecule has 3 aliphatic rings. The van der Waals surface area contributed by atoms with E-state index >= 15 is 0 Å². The molecule has 1 aromatic heterocycles. The summed E-state index contributed by atoms with van der Waals surface area (Å²) in [6.07, 6.45) is 7.25. The number of amides is 1. The van der Waals surface area contributed by atoms with Crippen molar-refractivity contribution in [1.29, 1.82) is 0 Å². The quantitative estimate of drug-likeness (QED) is 0.652. The summed E-state index contributed by atoms with van der Waals surface area (Å²) in [5.74, 6) is 0.665. The van der Waals surface area contributed by atoms with Crippen LogP contribution in [0.2, 0.25) is 0 Å². The number of aromatic nitrogens is 1. The summed E-state index contributed by atoms with van der Waals surface area (Å²) >= 11 is 1.65. The highest BCUT2D eigenvalue weighted by atomic mass is 32.1. The van der Waals surface area contributed by atoms with Crippen LogP contribution >= 0.6 is 11.3 Å². The second-order valence-corrected chi connectivity index (χ2v) is 9.44. The van der Waals surface area contributed by atoms with Crippen LogP contribution in [-0.4, -0.2) is 29.1 Å². The number of carbonyl (C=O) groups excluding carboxylic acids is 1. The number of rotatable bonds is 6. The van der Waals surface area contributed by atoms with Crippen molar-refractivity contribution >= 4 is 17.2 Å². The van der Waals surface area contributed by atoms with E-state index in [2.05, 4.69) is 15.6 Å². The predicted octanol–water partition coefficient (Wildman–Crippen LogP) is 2.91. The van der Waals surface area contributed by atoms with E-state index in [4.69, 9.17) is 5.73 Å². The highest BCUT2D eigenvalue weighted by molar-refractivity contribution is 7.15. The molecule has 2 aliphatic carbocycles. The van der Waals surface area contributed by atoms with Gasteiger partial charge in [0.15, 0.2) is 0 Å². The van der Waals surface area contributed by atoms with Crippen molar-refractivity contribution in [3.05, 3.63) is 40.8 Å². The molecular formula is C21H25FN4OS. The van der Waals surface area contributed by atoms with Crippen molar-refractivity contribution in [2.45, 2.75) is 62.7 Å². The molecule has 28 heavy (non-hydrogen) atoms. The first-order chi connectivity index (χ1) is 13.6. The Kier molecular flexibility index (Phi) is 4.69. The summed E-state index contributed by atoms with van der Waals surface area (Å²) < 4.78 is 14.6. The lowest BCUT2D eigenvalue weighted by Gasteiger charge is -2.24. The molecule has 5 nitrogen and oxygen atoms in total. The van der Waals surface area contributed by atoms with E-state index in [0.717, 1.165) is 34.7 Å². The molecule has 5 rings (SSSR count). The fourth-order valence-electron chi connectivity index (χ4n) is 4.52. The van der Waals surface area contributed by atoms with E-state index in [1.807, 2.05) is 12.3 Å². The molecule has 1 aromatic carbocycles. The molecule has 4 N–H and O–H groups in total. The topological polar surface area (TPSA) is 80.0 Å². The Labute approximate surface area is 167 Å². The van der Waals surface area contributed by atoms with Crippen molar-refractivity contribution < 1.29 is 9.18 Å². The molecule has 2 aromatic rings. The van der Waals surface area contributed by atoms with Gasteiger partial charge in [0.05, 0.1) is 22.1 Å². The van der Waals surface area contributed by atoms with Crippen molar-refractivity contribution in [2.24, 2.45) is 11.7 Å². The van der Waals surface area contributed by atoms with Crippen LogP contribution in [0, 0.1) is 11.7 Å². The number of halogens is 1. The first-order valence-electron chi connectivity index (χ1n) is 10.1. The van der Waals surface area contributed by atoms with Gasteiger partial charge in [0, 0.05) is 24.6 Å². The van der Waals surface area contributed by atoms with E-state index in [1.165, 1.54) is 12.8 Å². The Morgan fingerprint density at radius 2 is 2.21 bits per heavy atom. The Hall–Kier alpha value is -1.83. The number of hydrogen-bond acceptors (Lipinski definition) is 5. The number of piperidine rings is 1. The van der Waals surface area contributed by atoms with Gasteiger partial charge in [-0.3, -0.25) is 4.79 Å². The van der Waals surface area contributed by atoms with Gasteiger partial charge in [-0.25, -0.2) is 9.37 Å². The van der Waals surface area contributed by atoms with Crippen LogP contribution in [0.15, 0.2) is 24.4 Å². The number of nitrogens with two attached hydrogens (primary N) is 1. The Balaban J connectivity index is 1.21. The zero-order chi connectivity index (χ0) is 19.3. The lowest BCUT2D eigenvalue weighted by atomic mass is 9.99. The van der Waals surface area contributed by atoms with Gasteiger partial charge in [-0.15, -0.1) is 11.3 Å². The molecule has 2 heterocycles. The highest BCUT2D eigenvalue weighted by Crippen LogP contribution is 2.43. The molecule has 3 fully saturated rings. The third-order valence-electron chi connectivity index (χ3n) is 6.20. The summed E-state index contributed by atoms with van der Waals surface area (Å²) in [7, 11) is 0. The van der Waals surface area contributed by atoms with Crippen molar-refractivity contribution in [1.82, 2.24) is 15.6 Å². The maximum absolute atomic E-state index is 14.6. The maximum Gasteiger partial charge on any atom is 0.238 e. The number of carbonyl (C=O) groups is 1. The number of nitrogens with zero attached hydrogens (tertiary/aromatic N) is 1. The van der Waals surface area contributed by atoms with Crippen LogP contribution in [0.3, 0.4) is 0 Å². The first-order valence-corrected chi connectivity index (χ1v) is 10.9. The van der Waals surface area contributed by atoms with Gasteiger partial charge < -0.3 is 16.4 Å². The Morgan fingerprint density at radius 3 is 2.89 bits per heavy atom. The Morgan fingerprint density at radius 1 is 1.36 bits per heavy atom. The van der Waals surface area contributed by atoms with Gasteiger partial charge in [-0.2, -0.15) is 0 Å². The van der Waals surface area contributed by atoms with Gasteiger partial charge in [0.2, 0.25) is 5.91 Å². The van der Waals surface area contributed by atoms with E-state index in [1.54, 1.807) is 23.5 Å². The number of thiazole rings is 1. The van der Waals surface area contributed by atoms with Crippen LogP contribution in [0.25, 0.3) is 10.4 Å². The standard InChI is InChI=1S/C21H25FN4OS/c22-16-8-13(17-10-24-21(28-17)11-1-2-11)4-3-12(16)9-18(23)26-20(27)19-14-5-6-15(7-14)25-19/h3-4,8,10-11,14-15,18-19,25H,1-2,5-7,9,23H2,(H,26,27)/t14-,15+,18-,19-/m0/s1. The van der Waals surface area contributed by atoms with Crippen molar-refractivity contribution in [3.63, 3.8) is 0 Å². The lowest BCUT2D eigenvalue weighted by Crippen LogP contribution is -2.53. The lowest BCUT2D eigenvalue weighted by molar-refractivity contribution is -0.124. The molecule has 7 heteroatoms. The summed E-state index contributed by atoms with van der Waals surface area (Å²) in [6.45, 7) is 0. The zero-order valence-corrected chi connectivity index (χ0v) is 16.5. The monoisotopic (exact) mass is 400 g/mol. The van der Waals surface area contributed by atoms with Gasteiger partial charge >= 0.3 is 0 Å². The van der Waals surface area contributed by atoms with E-state index in [9.17, 15) is 9.18 Å². The van der Waals surface area contributed by atoms with Crippen molar-refractivity contribution in [3.8, 4) is 10.4 Å². The molecule has 4 atom stereocenters. The molecule has 1 saturated heterocycles. The number of fused-ring (bicyclic) bond motifs is 2. The summed E-state index contributed by atoms with van der Waals surface area (Å²) in [5.41, 5.74) is 7.46. The second kappa shape index (κ2) is 7.21. The van der Waals surface area contributed by atoms with E-state index < -0.39 is 6.17 Å². The highest BCUT2D eigenvalue weighted by Gasteiger charge is 2.42. The molecule has 0 unspecified atom stereocenters. The average Bonchev–Trinajstić information content (AvgIpc) is 3.09. The maximum atomic E-state index is 14.6. The third-order valence-corrected chi connectivity index (χ3v) is 7.41. The molecule has 1 amide bonds. The van der Waals surface area contributed by atoms with Crippen LogP contribution in [0.5, 0.6) is 0 Å².